The normalized spacial score (nSPS) is 17.9. The van der Waals surface area contributed by atoms with Gasteiger partial charge in [-0.05, 0) is 43.6 Å². The maximum absolute atomic E-state index is 5.77. The fraction of sp³-hybridized carbons (Fsp3) is 0.700. The molecule has 2 aromatic rings. The summed E-state index contributed by atoms with van der Waals surface area (Å²) < 4.78 is 8.99. The molecule has 0 saturated heterocycles. The second-order valence-electron chi connectivity index (χ2n) is 7.27. The molecule has 194 valence electrons. The lowest BCUT2D eigenvalue weighted by atomic mass is 10.00. The average Bonchev–Trinajstić information content (AvgIpc) is 3.27. The Hall–Kier alpha value is -1.19. The second kappa shape index (κ2) is 24.0. The molecule has 1 aromatic carbocycles. The molecule has 1 heterocycles. The van der Waals surface area contributed by atoms with Gasteiger partial charge in [-0.25, -0.2) is 0 Å². The molecule has 3 atom stereocenters. The van der Waals surface area contributed by atoms with Gasteiger partial charge in [-0.15, -0.1) is 0 Å². The van der Waals surface area contributed by atoms with Gasteiger partial charge in [-0.3, -0.25) is 0 Å². The monoisotopic (exact) mass is 479 g/mol. The number of benzene rings is 1. The van der Waals surface area contributed by atoms with Gasteiger partial charge in [-0.2, -0.15) is 0 Å². The molecule has 1 saturated carbocycles. The number of aryl methyl sites for hydroxylation is 1. The van der Waals surface area contributed by atoms with Crippen LogP contribution in [0.25, 0.3) is 10.8 Å². The predicted octanol–water partition coefficient (Wildman–Crippen LogP) is 11.0. The molecule has 1 aliphatic rings. The Bertz CT molecular complexity index is 738. The number of pyridine rings is 1. The van der Waals surface area contributed by atoms with E-state index in [1.807, 2.05) is 62.5 Å². The van der Waals surface area contributed by atoms with Crippen LogP contribution in [-0.2, 0) is 4.74 Å². The second-order valence-corrected chi connectivity index (χ2v) is 7.66. The van der Waals surface area contributed by atoms with Crippen molar-refractivity contribution in [3.63, 3.8) is 0 Å². The van der Waals surface area contributed by atoms with Gasteiger partial charge in [0.05, 0.1) is 6.10 Å². The first-order chi connectivity index (χ1) is 16.0. The average molecular weight is 480 g/mol. The Balaban J connectivity index is -0.000000713. The first-order valence-corrected chi connectivity index (χ1v) is 14.1. The number of rotatable bonds is 4. The van der Waals surface area contributed by atoms with Crippen LogP contribution in [0.5, 0.6) is 0 Å². The van der Waals surface area contributed by atoms with E-state index in [2.05, 4.69) is 62.7 Å². The first-order valence-electron chi connectivity index (χ1n) is 13.7. The van der Waals surface area contributed by atoms with E-state index < -0.39 is 0 Å². The highest BCUT2D eigenvalue weighted by molar-refractivity contribution is 7.71. The zero-order chi connectivity index (χ0) is 26.4. The molecular weight excluding hydrogens is 422 g/mol. The van der Waals surface area contributed by atoms with Crippen molar-refractivity contribution in [2.75, 3.05) is 7.11 Å². The van der Waals surface area contributed by atoms with Crippen molar-refractivity contribution in [3.8, 4) is 0 Å². The van der Waals surface area contributed by atoms with Gasteiger partial charge >= 0.3 is 0 Å². The van der Waals surface area contributed by atoms with Crippen LogP contribution in [0.2, 0.25) is 0 Å². The number of fused-ring (bicyclic) bond motifs is 1. The van der Waals surface area contributed by atoms with E-state index in [4.69, 9.17) is 17.0 Å². The van der Waals surface area contributed by atoms with Gasteiger partial charge in [-0.1, -0.05) is 125 Å². The van der Waals surface area contributed by atoms with Crippen molar-refractivity contribution in [2.45, 2.75) is 127 Å². The summed E-state index contributed by atoms with van der Waals surface area (Å²) in [6.07, 6.45) is 8.52. The molecule has 3 heteroatoms. The number of aromatic nitrogens is 1. The summed E-state index contributed by atoms with van der Waals surface area (Å²) in [5.74, 6) is 0.663. The minimum Gasteiger partial charge on any atom is -0.381 e. The summed E-state index contributed by atoms with van der Waals surface area (Å²) >= 11 is 5.77. The third-order valence-corrected chi connectivity index (χ3v) is 5.48. The summed E-state index contributed by atoms with van der Waals surface area (Å²) in [5, 5.41) is 2.43. The third-order valence-electron chi connectivity index (χ3n) is 5.05. The van der Waals surface area contributed by atoms with Crippen molar-refractivity contribution < 1.29 is 4.74 Å². The van der Waals surface area contributed by atoms with Crippen LogP contribution < -0.4 is 0 Å². The summed E-state index contributed by atoms with van der Waals surface area (Å²) in [7, 11) is 1.85. The standard InChI is InChI=1S/C19H25NOS.C3H8.4C2H6/c1-4-5-15-11-16(12-18(15)21-3)20-9-8-14-10-13(2)6-7-17(14)19(20)22;1-3-2;4*1-2/h6-10,15-16,18H,4-5,11-12H2,1-3H3;3H2,1-2H3;4*1-2H3/t15?,16-,18-;;;;;/m1...../s1. The molecule has 2 nitrogen and oxygen atoms in total. The molecule has 3 rings (SSSR count). The number of hydrogen-bond acceptors (Lipinski definition) is 2. The van der Waals surface area contributed by atoms with Crippen LogP contribution in [0.15, 0.2) is 30.5 Å². The van der Waals surface area contributed by atoms with Crippen molar-refractivity contribution in [1.82, 2.24) is 4.57 Å². The fourth-order valence-corrected chi connectivity index (χ4v) is 4.31. The molecule has 0 radical (unpaired) electrons. The minimum absolute atomic E-state index is 0.376. The minimum atomic E-state index is 0.376. The Morgan fingerprint density at radius 3 is 1.94 bits per heavy atom. The molecule has 0 N–H and O–H groups in total. The van der Waals surface area contributed by atoms with Crippen LogP contribution in [0.3, 0.4) is 0 Å². The maximum Gasteiger partial charge on any atom is 0.114 e. The molecule has 1 unspecified atom stereocenters. The lowest BCUT2D eigenvalue weighted by Crippen LogP contribution is -2.15. The van der Waals surface area contributed by atoms with Crippen LogP contribution in [-0.4, -0.2) is 17.8 Å². The van der Waals surface area contributed by atoms with E-state index in [1.165, 1.54) is 42.0 Å². The van der Waals surface area contributed by atoms with E-state index in [-0.39, 0.29) is 0 Å². The van der Waals surface area contributed by atoms with Gasteiger partial charge in [0.25, 0.3) is 0 Å². The molecule has 1 aliphatic carbocycles. The van der Waals surface area contributed by atoms with Gasteiger partial charge in [0, 0.05) is 24.7 Å². The molecular formula is C30H57NOS. The summed E-state index contributed by atoms with van der Waals surface area (Å²) in [6, 6.07) is 9.19. The lowest BCUT2D eigenvalue weighted by molar-refractivity contribution is 0.0667. The van der Waals surface area contributed by atoms with Crippen LogP contribution in [0, 0.1) is 17.5 Å². The van der Waals surface area contributed by atoms with Gasteiger partial charge in [0.2, 0.25) is 0 Å². The number of methoxy groups -OCH3 is 1. The van der Waals surface area contributed by atoms with E-state index in [1.54, 1.807) is 0 Å². The lowest BCUT2D eigenvalue weighted by Gasteiger charge is -2.16. The van der Waals surface area contributed by atoms with Crippen molar-refractivity contribution in [1.29, 1.82) is 0 Å². The number of ether oxygens (including phenoxy) is 1. The highest BCUT2D eigenvalue weighted by atomic mass is 32.1. The number of hydrogen-bond donors (Lipinski definition) is 0. The van der Waals surface area contributed by atoms with Crippen LogP contribution in [0.4, 0.5) is 0 Å². The summed E-state index contributed by atoms with van der Waals surface area (Å²) in [6.45, 7) is 24.6. The molecule has 1 fully saturated rings. The highest BCUT2D eigenvalue weighted by Gasteiger charge is 2.34. The number of nitrogens with zero attached hydrogens (tertiary/aromatic N) is 1. The molecule has 0 spiro atoms. The Labute approximate surface area is 213 Å². The van der Waals surface area contributed by atoms with Crippen molar-refractivity contribution in [2.24, 2.45) is 5.92 Å². The Morgan fingerprint density at radius 1 is 0.909 bits per heavy atom. The van der Waals surface area contributed by atoms with Gasteiger partial charge in [0.15, 0.2) is 0 Å². The quantitative estimate of drug-likeness (QED) is 0.405. The van der Waals surface area contributed by atoms with Crippen LogP contribution >= 0.6 is 12.2 Å². The molecule has 0 amide bonds. The SMILES string of the molecule is CC.CC.CC.CC.CCC.CCCC1C[C@@H](n2ccc3cc(C)ccc3c2=S)C[C@H]1OC. The third kappa shape index (κ3) is 12.2. The van der Waals surface area contributed by atoms with E-state index in [0.29, 0.717) is 18.1 Å². The maximum atomic E-state index is 5.77. The fourth-order valence-electron chi connectivity index (χ4n) is 3.92. The zero-order valence-electron chi connectivity index (χ0n) is 24.4. The van der Waals surface area contributed by atoms with Gasteiger partial charge < -0.3 is 9.30 Å². The van der Waals surface area contributed by atoms with Crippen LogP contribution in [0.1, 0.15) is 120 Å². The smallest absolute Gasteiger partial charge is 0.114 e. The van der Waals surface area contributed by atoms with Crippen molar-refractivity contribution >= 4 is 23.0 Å². The van der Waals surface area contributed by atoms with E-state index in [9.17, 15) is 0 Å². The van der Waals surface area contributed by atoms with Gasteiger partial charge in [0.1, 0.15) is 4.64 Å². The first kappa shape index (κ1) is 36.4. The molecule has 0 bridgehead atoms. The van der Waals surface area contributed by atoms with Crippen molar-refractivity contribution in [3.05, 3.63) is 40.7 Å². The summed E-state index contributed by atoms with van der Waals surface area (Å²) in [5.41, 5.74) is 1.28. The Morgan fingerprint density at radius 2 is 1.45 bits per heavy atom. The molecule has 1 aromatic heterocycles. The summed E-state index contributed by atoms with van der Waals surface area (Å²) in [4.78, 5) is 0. The topological polar surface area (TPSA) is 14.2 Å². The van der Waals surface area contributed by atoms with E-state index >= 15 is 0 Å². The van der Waals surface area contributed by atoms with E-state index in [0.717, 1.165) is 11.1 Å². The predicted molar refractivity (Wildman–Crippen MR) is 156 cm³/mol. The largest absolute Gasteiger partial charge is 0.381 e. The Kier molecular flexibility index (Phi) is 26.4. The molecule has 0 aliphatic heterocycles. The highest BCUT2D eigenvalue weighted by Crippen LogP contribution is 2.39. The molecule has 33 heavy (non-hydrogen) atoms. The zero-order valence-corrected chi connectivity index (χ0v) is 25.2.